The van der Waals surface area contributed by atoms with E-state index < -0.39 is 6.61 Å². The standard InChI is InChI=1S/C13H19F2N3O/c1-17(2)13(18(3)4)16-9-10-7-5-6-8-11(10)19-12(14)15/h5-8,12H,9H2,1-4H3. The maximum Gasteiger partial charge on any atom is 0.387 e. The Kier molecular flexibility index (Phi) is 5.54. The molecule has 0 N–H and O–H groups in total. The summed E-state index contributed by atoms with van der Waals surface area (Å²) in [6.07, 6.45) is 0. The Hall–Kier alpha value is -1.85. The molecular formula is C13H19F2N3O. The minimum atomic E-state index is -2.83. The van der Waals surface area contributed by atoms with Gasteiger partial charge in [0.25, 0.3) is 0 Å². The fraction of sp³-hybridized carbons (Fsp3) is 0.462. The molecule has 106 valence electrons. The summed E-state index contributed by atoms with van der Waals surface area (Å²) in [6.45, 7) is -2.54. The van der Waals surface area contributed by atoms with Gasteiger partial charge < -0.3 is 14.5 Å². The molecule has 1 aromatic rings. The third-order valence-corrected chi connectivity index (χ3v) is 2.38. The summed E-state index contributed by atoms with van der Waals surface area (Å²) in [4.78, 5) is 8.12. The van der Waals surface area contributed by atoms with Crippen LogP contribution in [0.5, 0.6) is 5.75 Å². The minimum Gasteiger partial charge on any atom is -0.434 e. The van der Waals surface area contributed by atoms with E-state index >= 15 is 0 Å². The third-order valence-electron chi connectivity index (χ3n) is 2.38. The van der Waals surface area contributed by atoms with Crippen LogP contribution in [0.4, 0.5) is 8.78 Å². The van der Waals surface area contributed by atoms with E-state index in [1.165, 1.54) is 6.07 Å². The molecular weight excluding hydrogens is 252 g/mol. The Morgan fingerprint density at radius 1 is 1.16 bits per heavy atom. The minimum absolute atomic E-state index is 0.165. The van der Waals surface area contributed by atoms with Gasteiger partial charge in [-0.05, 0) is 6.07 Å². The molecule has 0 heterocycles. The van der Waals surface area contributed by atoms with Crippen LogP contribution in [0.15, 0.2) is 29.3 Å². The van der Waals surface area contributed by atoms with E-state index in [4.69, 9.17) is 0 Å². The highest BCUT2D eigenvalue weighted by atomic mass is 19.3. The zero-order chi connectivity index (χ0) is 14.4. The Morgan fingerprint density at radius 3 is 2.26 bits per heavy atom. The third kappa shape index (κ3) is 4.73. The fourth-order valence-electron chi connectivity index (χ4n) is 1.68. The van der Waals surface area contributed by atoms with E-state index in [1.54, 1.807) is 18.2 Å². The maximum atomic E-state index is 12.3. The number of alkyl halides is 2. The Bertz CT molecular complexity index is 424. The Balaban J connectivity index is 2.90. The lowest BCUT2D eigenvalue weighted by Crippen LogP contribution is -2.35. The smallest absolute Gasteiger partial charge is 0.387 e. The molecule has 0 spiro atoms. The summed E-state index contributed by atoms with van der Waals surface area (Å²) in [6, 6.07) is 6.67. The van der Waals surface area contributed by atoms with Crippen LogP contribution in [-0.4, -0.2) is 50.6 Å². The average molecular weight is 271 g/mol. The molecule has 0 aliphatic rings. The van der Waals surface area contributed by atoms with Gasteiger partial charge in [0.05, 0.1) is 6.54 Å². The average Bonchev–Trinajstić information content (AvgIpc) is 2.29. The van der Waals surface area contributed by atoms with Crippen molar-refractivity contribution in [1.82, 2.24) is 9.80 Å². The summed E-state index contributed by atoms with van der Waals surface area (Å²) < 4.78 is 29.0. The molecule has 0 saturated heterocycles. The van der Waals surface area contributed by atoms with Crippen LogP contribution in [-0.2, 0) is 6.54 Å². The highest BCUT2D eigenvalue weighted by Gasteiger charge is 2.10. The van der Waals surface area contributed by atoms with Gasteiger partial charge in [-0.1, -0.05) is 18.2 Å². The van der Waals surface area contributed by atoms with Crippen LogP contribution >= 0.6 is 0 Å². The van der Waals surface area contributed by atoms with Gasteiger partial charge in [0.1, 0.15) is 5.75 Å². The topological polar surface area (TPSA) is 28.1 Å². The van der Waals surface area contributed by atoms with Crippen LogP contribution in [0, 0.1) is 0 Å². The first-order valence-electron chi connectivity index (χ1n) is 5.83. The Labute approximate surface area is 112 Å². The first kappa shape index (κ1) is 15.2. The van der Waals surface area contributed by atoms with E-state index in [0.717, 1.165) is 5.96 Å². The second-order valence-electron chi connectivity index (χ2n) is 4.39. The molecule has 6 heteroatoms. The van der Waals surface area contributed by atoms with Gasteiger partial charge in [-0.25, -0.2) is 4.99 Å². The molecule has 0 aromatic heterocycles. The van der Waals surface area contributed by atoms with Crippen molar-refractivity contribution in [2.24, 2.45) is 4.99 Å². The lowest BCUT2D eigenvalue weighted by molar-refractivity contribution is -0.0504. The summed E-state index contributed by atoms with van der Waals surface area (Å²) in [5.41, 5.74) is 0.629. The molecule has 0 aliphatic carbocycles. The van der Waals surface area contributed by atoms with Crippen LogP contribution in [0.2, 0.25) is 0 Å². The van der Waals surface area contributed by atoms with Gasteiger partial charge in [-0.2, -0.15) is 8.78 Å². The molecule has 0 aliphatic heterocycles. The highest BCUT2D eigenvalue weighted by Crippen LogP contribution is 2.21. The van der Waals surface area contributed by atoms with Crippen molar-refractivity contribution in [2.45, 2.75) is 13.2 Å². The second kappa shape index (κ2) is 6.92. The van der Waals surface area contributed by atoms with Crippen molar-refractivity contribution in [2.75, 3.05) is 28.2 Å². The summed E-state index contributed by atoms with van der Waals surface area (Å²) in [5.74, 6) is 0.921. The quantitative estimate of drug-likeness (QED) is 0.621. The molecule has 0 bridgehead atoms. The van der Waals surface area contributed by atoms with Gasteiger partial charge in [0.2, 0.25) is 0 Å². The number of nitrogens with zero attached hydrogens (tertiary/aromatic N) is 3. The van der Waals surface area contributed by atoms with Gasteiger partial charge in [-0.3, -0.25) is 0 Å². The monoisotopic (exact) mass is 271 g/mol. The van der Waals surface area contributed by atoms with E-state index in [0.29, 0.717) is 5.56 Å². The number of para-hydroxylation sites is 1. The molecule has 0 atom stereocenters. The van der Waals surface area contributed by atoms with Crippen molar-refractivity contribution in [1.29, 1.82) is 0 Å². The number of halogens is 2. The number of aliphatic imine (C=N–C) groups is 1. The van der Waals surface area contributed by atoms with Crippen LogP contribution in [0.3, 0.4) is 0 Å². The number of hydrogen-bond acceptors (Lipinski definition) is 2. The molecule has 1 rings (SSSR count). The normalized spacial score (nSPS) is 10.3. The summed E-state index contributed by atoms with van der Waals surface area (Å²) in [7, 11) is 7.50. The number of benzene rings is 1. The summed E-state index contributed by atoms with van der Waals surface area (Å²) in [5, 5.41) is 0. The van der Waals surface area contributed by atoms with Gasteiger partial charge in [0.15, 0.2) is 5.96 Å². The predicted molar refractivity (Wildman–Crippen MR) is 71.6 cm³/mol. The van der Waals surface area contributed by atoms with Gasteiger partial charge >= 0.3 is 6.61 Å². The fourth-order valence-corrected chi connectivity index (χ4v) is 1.68. The molecule has 0 unspecified atom stereocenters. The first-order chi connectivity index (χ1) is 8.91. The second-order valence-corrected chi connectivity index (χ2v) is 4.39. The van der Waals surface area contributed by atoms with E-state index in [9.17, 15) is 8.78 Å². The summed E-state index contributed by atoms with van der Waals surface area (Å²) >= 11 is 0. The van der Waals surface area contributed by atoms with Crippen LogP contribution < -0.4 is 4.74 Å². The first-order valence-corrected chi connectivity index (χ1v) is 5.83. The zero-order valence-corrected chi connectivity index (χ0v) is 11.6. The van der Waals surface area contributed by atoms with E-state index in [2.05, 4.69) is 9.73 Å². The molecule has 1 aromatic carbocycles. The molecule has 0 fully saturated rings. The molecule has 0 radical (unpaired) electrons. The molecule has 4 nitrogen and oxygen atoms in total. The number of guanidine groups is 1. The highest BCUT2D eigenvalue weighted by molar-refractivity contribution is 5.79. The van der Waals surface area contributed by atoms with Crippen molar-refractivity contribution in [3.05, 3.63) is 29.8 Å². The van der Waals surface area contributed by atoms with Crippen molar-refractivity contribution in [3.8, 4) is 5.75 Å². The lowest BCUT2D eigenvalue weighted by atomic mass is 10.2. The van der Waals surface area contributed by atoms with Gasteiger partial charge in [-0.15, -0.1) is 0 Å². The van der Waals surface area contributed by atoms with Crippen LogP contribution in [0.1, 0.15) is 5.56 Å². The lowest BCUT2D eigenvalue weighted by Gasteiger charge is -2.22. The van der Waals surface area contributed by atoms with Crippen molar-refractivity contribution in [3.63, 3.8) is 0 Å². The maximum absolute atomic E-state index is 12.3. The molecule has 19 heavy (non-hydrogen) atoms. The van der Waals surface area contributed by atoms with E-state index in [-0.39, 0.29) is 12.3 Å². The predicted octanol–water partition coefficient (Wildman–Crippen LogP) is 2.27. The van der Waals surface area contributed by atoms with Gasteiger partial charge in [0, 0.05) is 33.8 Å². The van der Waals surface area contributed by atoms with E-state index in [1.807, 2.05) is 38.0 Å². The Morgan fingerprint density at radius 2 is 1.74 bits per heavy atom. The number of ether oxygens (including phenoxy) is 1. The molecule has 0 saturated carbocycles. The molecule has 0 amide bonds. The SMILES string of the molecule is CN(C)C(=NCc1ccccc1OC(F)F)N(C)C. The zero-order valence-electron chi connectivity index (χ0n) is 11.6. The number of hydrogen-bond donors (Lipinski definition) is 0. The number of rotatable bonds is 4. The van der Waals surface area contributed by atoms with Crippen LogP contribution in [0.25, 0.3) is 0 Å². The van der Waals surface area contributed by atoms with Crippen molar-refractivity contribution >= 4 is 5.96 Å². The van der Waals surface area contributed by atoms with Crippen molar-refractivity contribution < 1.29 is 13.5 Å². The largest absolute Gasteiger partial charge is 0.434 e.